The molecule has 0 saturated carbocycles. The van der Waals surface area contributed by atoms with Gasteiger partial charge in [0, 0.05) is 28.8 Å². The summed E-state index contributed by atoms with van der Waals surface area (Å²) in [6.07, 6.45) is 0. The average Bonchev–Trinajstić information content (AvgIpc) is 2.84. The third-order valence-electron chi connectivity index (χ3n) is 5.14. The first-order valence-electron chi connectivity index (χ1n) is 10.8. The third-order valence-corrected chi connectivity index (χ3v) is 5.14. The average molecular weight is 493 g/mol. The van der Waals surface area contributed by atoms with Gasteiger partial charge in [0.05, 0.1) is 12.7 Å². The van der Waals surface area contributed by atoms with Gasteiger partial charge in [-0.25, -0.2) is 13.8 Å². The highest BCUT2D eigenvalue weighted by molar-refractivity contribution is 6.04. The highest BCUT2D eigenvalue weighted by Gasteiger charge is 2.23. The standard InChI is InChI=1S/C26H22F3N5O2/c1-14-4-6-16(7-5-14)31-21-12-15(2)30-26(34-21)33-18-10-8-17(9-11-18)32-25(35)19-13-20(27)23(29)24(36-3)22(19)28/h4-13H,1-3H3,(H,32,35)(H2,30,31,33,34). The topological polar surface area (TPSA) is 88.2 Å². The minimum absolute atomic E-state index is 0.306. The van der Waals surface area contributed by atoms with Gasteiger partial charge >= 0.3 is 0 Å². The van der Waals surface area contributed by atoms with E-state index in [0.717, 1.165) is 24.1 Å². The number of carbonyl (C=O) groups excluding carboxylic acids is 1. The summed E-state index contributed by atoms with van der Waals surface area (Å²) in [6.45, 7) is 3.85. The number of hydrogen-bond acceptors (Lipinski definition) is 6. The Balaban J connectivity index is 1.46. The second-order valence-electron chi connectivity index (χ2n) is 7.93. The molecular formula is C26H22F3N5O2. The number of carbonyl (C=O) groups is 1. The van der Waals surface area contributed by atoms with Crippen molar-refractivity contribution in [1.29, 1.82) is 0 Å². The molecule has 0 aliphatic rings. The van der Waals surface area contributed by atoms with E-state index >= 15 is 0 Å². The molecule has 0 aliphatic carbocycles. The van der Waals surface area contributed by atoms with Gasteiger partial charge in [0.15, 0.2) is 17.4 Å². The van der Waals surface area contributed by atoms with Gasteiger partial charge in [-0.3, -0.25) is 4.79 Å². The number of aryl methyl sites for hydroxylation is 2. The van der Waals surface area contributed by atoms with Gasteiger partial charge in [-0.15, -0.1) is 0 Å². The second kappa shape index (κ2) is 10.3. The molecule has 0 unspecified atom stereocenters. The molecule has 0 saturated heterocycles. The summed E-state index contributed by atoms with van der Waals surface area (Å²) in [5.41, 5.74) is 3.03. The van der Waals surface area contributed by atoms with Gasteiger partial charge in [-0.1, -0.05) is 17.7 Å². The summed E-state index contributed by atoms with van der Waals surface area (Å²) in [7, 11) is 0.980. The molecule has 3 N–H and O–H groups in total. The minimum Gasteiger partial charge on any atom is -0.491 e. The largest absolute Gasteiger partial charge is 0.491 e. The van der Waals surface area contributed by atoms with Crippen LogP contribution >= 0.6 is 0 Å². The Kier molecular flexibility index (Phi) is 7.05. The van der Waals surface area contributed by atoms with Crippen molar-refractivity contribution in [3.63, 3.8) is 0 Å². The molecular weight excluding hydrogens is 471 g/mol. The molecule has 0 bridgehead atoms. The van der Waals surface area contributed by atoms with E-state index in [1.165, 1.54) is 0 Å². The first-order valence-corrected chi connectivity index (χ1v) is 10.8. The lowest BCUT2D eigenvalue weighted by Gasteiger charge is -2.12. The van der Waals surface area contributed by atoms with Crippen molar-refractivity contribution in [2.75, 3.05) is 23.1 Å². The summed E-state index contributed by atoms with van der Waals surface area (Å²) in [5.74, 6) is -5.14. The van der Waals surface area contributed by atoms with Crippen molar-refractivity contribution < 1.29 is 22.7 Å². The summed E-state index contributed by atoms with van der Waals surface area (Å²) in [6, 6.07) is 16.6. The number of nitrogens with zero attached hydrogens (tertiary/aromatic N) is 2. The first kappa shape index (κ1) is 24.5. The van der Waals surface area contributed by atoms with Crippen LogP contribution in [-0.4, -0.2) is 23.0 Å². The Morgan fingerprint density at radius 2 is 1.42 bits per heavy atom. The fourth-order valence-corrected chi connectivity index (χ4v) is 3.36. The van der Waals surface area contributed by atoms with Crippen LogP contribution in [0.5, 0.6) is 5.75 Å². The quantitative estimate of drug-likeness (QED) is 0.264. The first-order chi connectivity index (χ1) is 17.2. The zero-order valence-electron chi connectivity index (χ0n) is 19.6. The normalized spacial score (nSPS) is 10.6. The zero-order valence-corrected chi connectivity index (χ0v) is 19.6. The molecule has 1 amide bonds. The summed E-state index contributed by atoms with van der Waals surface area (Å²) in [4.78, 5) is 21.3. The van der Waals surface area contributed by atoms with Crippen molar-refractivity contribution >= 4 is 34.7 Å². The molecule has 1 heterocycles. The maximum atomic E-state index is 14.4. The van der Waals surface area contributed by atoms with Gasteiger partial charge in [-0.2, -0.15) is 9.37 Å². The van der Waals surface area contributed by atoms with Crippen LogP contribution in [0.25, 0.3) is 0 Å². The van der Waals surface area contributed by atoms with Gasteiger partial charge in [0.1, 0.15) is 5.82 Å². The number of aromatic nitrogens is 2. The lowest BCUT2D eigenvalue weighted by atomic mass is 10.1. The van der Waals surface area contributed by atoms with E-state index in [-0.39, 0.29) is 0 Å². The van der Waals surface area contributed by atoms with E-state index in [1.54, 1.807) is 24.3 Å². The lowest BCUT2D eigenvalue weighted by Crippen LogP contribution is -2.15. The monoisotopic (exact) mass is 493 g/mol. The number of methoxy groups -OCH3 is 1. The Bertz CT molecular complexity index is 1410. The molecule has 4 rings (SSSR count). The maximum absolute atomic E-state index is 14.4. The minimum atomic E-state index is -1.50. The summed E-state index contributed by atoms with van der Waals surface area (Å²) >= 11 is 0. The second-order valence-corrected chi connectivity index (χ2v) is 7.93. The van der Waals surface area contributed by atoms with Gasteiger partial charge in [0.25, 0.3) is 5.91 Å². The van der Waals surface area contributed by atoms with Crippen molar-refractivity contribution in [3.8, 4) is 5.75 Å². The van der Waals surface area contributed by atoms with Gasteiger partial charge < -0.3 is 20.7 Å². The van der Waals surface area contributed by atoms with Crippen LogP contribution in [0.15, 0.2) is 60.7 Å². The van der Waals surface area contributed by atoms with Crippen molar-refractivity contribution in [2.45, 2.75) is 13.8 Å². The van der Waals surface area contributed by atoms with Crippen LogP contribution in [0.4, 0.5) is 42.0 Å². The predicted octanol–water partition coefficient (Wildman–Crippen LogP) is 6.26. The third kappa shape index (κ3) is 5.54. The van der Waals surface area contributed by atoms with E-state index in [4.69, 9.17) is 0 Å². The number of anilines is 5. The van der Waals surface area contributed by atoms with Gasteiger partial charge in [-0.05, 0) is 56.3 Å². The molecule has 3 aromatic carbocycles. The van der Waals surface area contributed by atoms with E-state index < -0.39 is 34.7 Å². The van der Waals surface area contributed by atoms with E-state index in [1.807, 2.05) is 44.2 Å². The van der Waals surface area contributed by atoms with Crippen molar-refractivity contribution in [1.82, 2.24) is 9.97 Å². The number of nitrogens with one attached hydrogen (secondary N) is 3. The molecule has 0 spiro atoms. The molecule has 0 fully saturated rings. The fourth-order valence-electron chi connectivity index (χ4n) is 3.36. The number of amides is 1. The molecule has 0 atom stereocenters. The predicted molar refractivity (Wildman–Crippen MR) is 132 cm³/mol. The number of rotatable bonds is 7. The number of halogens is 3. The van der Waals surface area contributed by atoms with Crippen LogP contribution in [0.2, 0.25) is 0 Å². The Hall–Kier alpha value is -4.60. The number of ether oxygens (including phenoxy) is 1. The van der Waals surface area contributed by atoms with Crippen LogP contribution in [0, 0.1) is 31.3 Å². The molecule has 0 aliphatic heterocycles. The molecule has 1 aromatic heterocycles. The fraction of sp³-hybridized carbons (Fsp3) is 0.115. The lowest BCUT2D eigenvalue weighted by molar-refractivity contribution is 0.102. The molecule has 36 heavy (non-hydrogen) atoms. The Morgan fingerprint density at radius 3 is 2.08 bits per heavy atom. The Labute approximate surface area is 205 Å². The highest BCUT2D eigenvalue weighted by Crippen LogP contribution is 2.28. The van der Waals surface area contributed by atoms with Crippen LogP contribution < -0.4 is 20.7 Å². The zero-order chi connectivity index (χ0) is 25.8. The molecule has 10 heteroatoms. The van der Waals surface area contributed by atoms with Gasteiger partial charge in [0.2, 0.25) is 11.8 Å². The van der Waals surface area contributed by atoms with E-state index in [9.17, 15) is 18.0 Å². The SMILES string of the molecule is COc1c(F)c(F)cc(C(=O)Nc2ccc(Nc3nc(C)cc(Nc4ccc(C)cc4)n3)cc2)c1F. The van der Waals surface area contributed by atoms with E-state index in [2.05, 4.69) is 30.7 Å². The molecule has 0 radical (unpaired) electrons. The van der Waals surface area contributed by atoms with Crippen molar-refractivity contribution in [3.05, 3.63) is 94.9 Å². The van der Waals surface area contributed by atoms with Crippen LogP contribution in [-0.2, 0) is 0 Å². The smallest absolute Gasteiger partial charge is 0.258 e. The Morgan fingerprint density at radius 1 is 0.806 bits per heavy atom. The molecule has 7 nitrogen and oxygen atoms in total. The molecule has 184 valence electrons. The maximum Gasteiger partial charge on any atom is 0.258 e. The van der Waals surface area contributed by atoms with Crippen LogP contribution in [0.3, 0.4) is 0 Å². The van der Waals surface area contributed by atoms with E-state index in [0.29, 0.717) is 29.2 Å². The van der Waals surface area contributed by atoms with Crippen molar-refractivity contribution in [2.24, 2.45) is 0 Å². The summed E-state index contributed by atoms with van der Waals surface area (Å²) < 4.78 is 46.3. The molecule has 4 aromatic rings. The number of hydrogen-bond donors (Lipinski definition) is 3. The summed E-state index contributed by atoms with van der Waals surface area (Å²) in [5, 5.41) is 8.77. The highest BCUT2D eigenvalue weighted by atomic mass is 19.2. The number of benzene rings is 3. The van der Waals surface area contributed by atoms with Crippen LogP contribution in [0.1, 0.15) is 21.6 Å².